The van der Waals surface area contributed by atoms with Gasteiger partial charge in [-0.2, -0.15) is 0 Å². The van der Waals surface area contributed by atoms with Crippen LogP contribution in [-0.2, 0) is 10.3 Å². The molecular formula is C16H15ClN2O2. The van der Waals surface area contributed by atoms with E-state index in [9.17, 15) is 4.79 Å². The Kier molecular flexibility index (Phi) is 3.57. The highest BCUT2D eigenvalue weighted by Gasteiger charge is 2.35. The molecule has 1 atom stereocenters. The zero-order valence-corrected chi connectivity index (χ0v) is 12.3. The average Bonchev–Trinajstić information content (AvgIpc) is 2.80. The predicted molar refractivity (Wildman–Crippen MR) is 81.2 cm³/mol. The molecular weight excluding hydrogens is 288 g/mol. The van der Waals surface area contributed by atoms with Gasteiger partial charge in [-0.1, -0.05) is 29.8 Å². The van der Waals surface area contributed by atoms with Crippen LogP contribution in [0, 0.1) is 0 Å². The molecule has 21 heavy (non-hydrogen) atoms. The molecule has 0 radical (unpaired) electrons. The Hall–Kier alpha value is -2.04. The molecule has 1 aliphatic heterocycles. The van der Waals surface area contributed by atoms with Gasteiger partial charge >= 0.3 is 0 Å². The van der Waals surface area contributed by atoms with Crippen molar-refractivity contribution < 1.29 is 9.53 Å². The number of hydrogen-bond acceptors (Lipinski definition) is 3. The Balaban J connectivity index is 1.77. The van der Waals surface area contributed by atoms with Gasteiger partial charge in [0.15, 0.2) is 0 Å². The minimum atomic E-state index is -0.383. The van der Waals surface area contributed by atoms with Gasteiger partial charge in [0.25, 0.3) is 0 Å². The Morgan fingerprint density at radius 2 is 1.90 bits per heavy atom. The van der Waals surface area contributed by atoms with E-state index in [-0.39, 0.29) is 11.4 Å². The third-order valence-corrected chi connectivity index (χ3v) is 3.75. The van der Waals surface area contributed by atoms with E-state index in [1.807, 2.05) is 43.3 Å². The lowest BCUT2D eigenvalue weighted by Crippen LogP contribution is -2.38. The third kappa shape index (κ3) is 3.01. The highest BCUT2D eigenvalue weighted by Crippen LogP contribution is 2.30. The normalized spacial score (nSPS) is 21.1. The maximum atomic E-state index is 11.4. The maximum Gasteiger partial charge on any atom is 0.236 e. The standard InChI is InChI=1S/C16H15ClN2O2/c1-16(10-15(20)18-19-16)11-5-7-13(8-6-11)21-14-4-2-3-12(17)9-14/h2-9,19H,10H2,1H3,(H,18,20). The maximum absolute atomic E-state index is 11.4. The predicted octanol–water partition coefficient (Wildman–Crippen LogP) is 3.37. The lowest BCUT2D eigenvalue weighted by molar-refractivity contribution is -0.119. The first-order valence-electron chi connectivity index (χ1n) is 6.65. The van der Waals surface area contributed by atoms with Crippen LogP contribution in [0.4, 0.5) is 0 Å². The molecule has 0 aromatic heterocycles. The first-order valence-corrected chi connectivity index (χ1v) is 7.03. The molecule has 0 aliphatic carbocycles. The van der Waals surface area contributed by atoms with Crippen LogP contribution in [0.5, 0.6) is 11.5 Å². The SMILES string of the molecule is CC1(c2ccc(Oc3cccc(Cl)c3)cc2)CC(=O)NN1. The van der Waals surface area contributed by atoms with Crippen molar-refractivity contribution in [2.24, 2.45) is 0 Å². The summed E-state index contributed by atoms with van der Waals surface area (Å²) in [6.45, 7) is 1.98. The van der Waals surface area contributed by atoms with Gasteiger partial charge in [0.1, 0.15) is 11.5 Å². The first-order chi connectivity index (χ1) is 10.0. The number of halogens is 1. The van der Waals surface area contributed by atoms with Crippen molar-refractivity contribution >= 4 is 17.5 Å². The number of carbonyl (C=O) groups excluding carboxylic acids is 1. The molecule has 0 spiro atoms. The molecule has 1 heterocycles. The fraction of sp³-hybridized carbons (Fsp3) is 0.188. The molecule has 4 nitrogen and oxygen atoms in total. The van der Waals surface area contributed by atoms with Gasteiger partial charge in [0.2, 0.25) is 5.91 Å². The van der Waals surface area contributed by atoms with Crippen molar-refractivity contribution in [2.45, 2.75) is 18.9 Å². The summed E-state index contributed by atoms with van der Waals surface area (Å²) in [7, 11) is 0. The molecule has 1 unspecified atom stereocenters. The lowest BCUT2D eigenvalue weighted by atomic mass is 9.90. The molecule has 1 fully saturated rings. The second kappa shape index (κ2) is 5.39. The smallest absolute Gasteiger partial charge is 0.236 e. The number of nitrogens with one attached hydrogen (secondary N) is 2. The highest BCUT2D eigenvalue weighted by atomic mass is 35.5. The molecule has 5 heteroatoms. The summed E-state index contributed by atoms with van der Waals surface area (Å²) in [6.07, 6.45) is 0.418. The molecule has 0 bridgehead atoms. The van der Waals surface area contributed by atoms with Crippen molar-refractivity contribution in [3.05, 3.63) is 59.1 Å². The number of hydrazine groups is 1. The van der Waals surface area contributed by atoms with Crippen LogP contribution in [0.2, 0.25) is 5.02 Å². The van der Waals surface area contributed by atoms with Crippen molar-refractivity contribution in [1.82, 2.24) is 10.9 Å². The zero-order valence-electron chi connectivity index (χ0n) is 11.5. The first kappa shape index (κ1) is 13.9. The van der Waals surface area contributed by atoms with Crippen molar-refractivity contribution in [3.8, 4) is 11.5 Å². The van der Waals surface area contributed by atoms with E-state index in [1.165, 1.54) is 0 Å². The largest absolute Gasteiger partial charge is 0.457 e. The summed E-state index contributed by atoms with van der Waals surface area (Å²) >= 11 is 5.93. The molecule has 2 N–H and O–H groups in total. The van der Waals surface area contributed by atoms with Gasteiger partial charge in [-0.25, -0.2) is 5.43 Å². The summed E-state index contributed by atoms with van der Waals surface area (Å²) in [5.74, 6) is 1.41. The van der Waals surface area contributed by atoms with Gasteiger partial charge in [0, 0.05) is 5.02 Å². The van der Waals surface area contributed by atoms with Gasteiger partial charge in [0.05, 0.1) is 12.0 Å². The van der Waals surface area contributed by atoms with Crippen LogP contribution < -0.4 is 15.6 Å². The Labute approximate surface area is 128 Å². The number of amides is 1. The number of rotatable bonds is 3. The van der Waals surface area contributed by atoms with E-state index in [4.69, 9.17) is 16.3 Å². The molecule has 108 valence electrons. The van der Waals surface area contributed by atoms with Crippen molar-refractivity contribution in [3.63, 3.8) is 0 Å². The Bertz CT molecular complexity index is 672. The summed E-state index contributed by atoms with van der Waals surface area (Å²) in [6, 6.07) is 14.9. The van der Waals surface area contributed by atoms with Crippen LogP contribution in [0.25, 0.3) is 0 Å². The van der Waals surface area contributed by atoms with E-state index < -0.39 is 0 Å². The van der Waals surface area contributed by atoms with Crippen LogP contribution in [0.3, 0.4) is 0 Å². The fourth-order valence-corrected chi connectivity index (χ4v) is 2.53. The molecule has 3 rings (SSSR count). The number of hydrogen-bond donors (Lipinski definition) is 2. The lowest BCUT2D eigenvalue weighted by Gasteiger charge is -2.22. The molecule has 1 aliphatic rings. The Morgan fingerprint density at radius 1 is 1.14 bits per heavy atom. The fourth-order valence-electron chi connectivity index (χ4n) is 2.35. The number of carbonyl (C=O) groups is 1. The van der Waals surface area contributed by atoms with E-state index >= 15 is 0 Å². The van der Waals surface area contributed by atoms with E-state index in [0.29, 0.717) is 17.2 Å². The third-order valence-electron chi connectivity index (χ3n) is 3.52. The topological polar surface area (TPSA) is 50.4 Å². The van der Waals surface area contributed by atoms with Crippen LogP contribution in [0.15, 0.2) is 48.5 Å². The molecule has 1 amide bonds. The van der Waals surface area contributed by atoms with Gasteiger partial charge in [-0.3, -0.25) is 10.2 Å². The summed E-state index contributed by atoms with van der Waals surface area (Å²) < 4.78 is 5.74. The quantitative estimate of drug-likeness (QED) is 0.914. The van der Waals surface area contributed by atoms with Crippen molar-refractivity contribution in [1.29, 1.82) is 0 Å². The minimum absolute atomic E-state index is 0.00301. The highest BCUT2D eigenvalue weighted by molar-refractivity contribution is 6.30. The summed E-state index contributed by atoms with van der Waals surface area (Å²) in [4.78, 5) is 11.4. The Morgan fingerprint density at radius 3 is 2.52 bits per heavy atom. The monoisotopic (exact) mass is 302 g/mol. The molecule has 0 saturated carbocycles. The molecule has 2 aromatic carbocycles. The number of benzene rings is 2. The van der Waals surface area contributed by atoms with Gasteiger partial charge in [-0.15, -0.1) is 0 Å². The second-order valence-electron chi connectivity index (χ2n) is 5.27. The van der Waals surface area contributed by atoms with Crippen LogP contribution in [0.1, 0.15) is 18.9 Å². The van der Waals surface area contributed by atoms with E-state index in [1.54, 1.807) is 12.1 Å². The summed E-state index contributed by atoms with van der Waals surface area (Å²) in [5, 5.41) is 0.636. The van der Waals surface area contributed by atoms with Crippen LogP contribution in [-0.4, -0.2) is 5.91 Å². The zero-order chi connectivity index (χ0) is 14.9. The second-order valence-corrected chi connectivity index (χ2v) is 5.70. The number of ether oxygens (including phenoxy) is 1. The van der Waals surface area contributed by atoms with Gasteiger partial charge < -0.3 is 4.74 Å². The molecule has 1 saturated heterocycles. The van der Waals surface area contributed by atoms with Crippen LogP contribution >= 0.6 is 11.6 Å². The van der Waals surface area contributed by atoms with E-state index in [2.05, 4.69) is 10.9 Å². The van der Waals surface area contributed by atoms with Gasteiger partial charge in [-0.05, 0) is 42.8 Å². The average molecular weight is 303 g/mol. The minimum Gasteiger partial charge on any atom is -0.457 e. The van der Waals surface area contributed by atoms with E-state index in [0.717, 1.165) is 11.3 Å². The van der Waals surface area contributed by atoms with Crippen molar-refractivity contribution in [2.75, 3.05) is 0 Å². The molecule has 2 aromatic rings. The summed E-state index contributed by atoms with van der Waals surface area (Å²) in [5.41, 5.74) is 6.30.